The third-order valence-corrected chi connectivity index (χ3v) is 4.49. The molecule has 6 nitrogen and oxygen atoms in total. The summed E-state index contributed by atoms with van der Waals surface area (Å²) in [6, 6.07) is 15.6. The fourth-order valence-electron chi connectivity index (χ4n) is 2.91. The summed E-state index contributed by atoms with van der Waals surface area (Å²) in [5.74, 6) is 1.32. The van der Waals surface area contributed by atoms with Crippen molar-refractivity contribution in [3.8, 4) is 11.5 Å². The smallest absolute Gasteiger partial charge is 0.231 e. The maximum Gasteiger partial charge on any atom is 0.231 e. The van der Waals surface area contributed by atoms with Gasteiger partial charge in [-0.1, -0.05) is 36.4 Å². The molecule has 2 aromatic rings. The van der Waals surface area contributed by atoms with Gasteiger partial charge >= 0.3 is 0 Å². The number of ether oxygens (including phenoxy) is 2. The number of nitrogens with zero attached hydrogens (tertiary/aromatic N) is 1. The van der Waals surface area contributed by atoms with Gasteiger partial charge in [-0.25, -0.2) is 0 Å². The standard InChI is InChI=1S/C21H24N2O4/c1-16(24)23(11-9-17-5-3-2-4-6-17)12-10-21(25)22-14-18-7-8-19-20(13-18)27-15-26-19/h2-8,13H,9-12,14-15H2,1H3,(H,22,25). The summed E-state index contributed by atoms with van der Waals surface area (Å²) in [5.41, 5.74) is 2.12. The van der Waals surface area contributed by atoms with Gasteiger partial charge in [0, 0.05) is 33.0 Å². The first-order valence-electron chi connectivity index (χ1n) is 9.06. The van der Waals surface area contributed by atoms with Crippen LogP contribution in [0.1, 0.15) is 24.5 Å². The summed E-state index contributed by atoms with van der Waals surface area (Å²) in [4.78, 5) is 25.7. The largest absolute Gasteiger partial charge is 0.454 e. The van der Waals surface area contributed by atoms with Crippen molar-refractivity contribution in [1.29, 1.82) is 0 Å². The zero-order chi connectivity index (χ0) is 19.1. The Morgan fingerprint density at radius 1 is 1.00 bits per heavy atom. The van der Waals surface area contributed by atoms with Gasteiger partial charge in [-0.2, -0.15) is 0 Å². The number of hydrogen-bond acceptors (Lipinski definition) is 4. The molecule has 0 spiro atoms. The molecule has 1 heterocycles. The van der Waals surface area contributed by atoms with Gasteiger partial charge in [0.2, 0.25) is 18.6 Å². The van der Waals surface area contributed by atoms with Crippen LogP contribution in [0.15, 0.2) is 48.5 Å². The van der Waals surface area contributed by atoms with Gasteiger partial charge in [0.25, 0.3) is 0 Å². The van der Waals surface area contributed by atoms with Crippen LogP contribution in [0.5, 0.6) is 11.5 Å². The van der Waals surface area contributed by atoms with E-state index in [-0.39, 0.29) is 25.0 Å². The zero-order valence-corrected chi connectivity index (χ0v) is 15.4. The average Bonchev–Trinajstić information content (AvgIpc) is 3.14. The van der Waals surface area contributed by atoms with E-state index in [4.69, 9.17) is 9.47 Å². The van der Waals surface area contributed by atoms with E-state index >= 15 is 0 Å². The molecule has 0 saturated heterocycles. The van der Waals surface area contributed by atoms with E-state index in [9.17, 15) is 9.59 Å². The van der Waals surface area contributed by atoms with E-state index in [1.165, 1.54) is 12.5 Å². The molecule has 142 valence electrons. The molecular formula is C21H24N2O4. The molecule has 0 aromatic heterocycles. The maximum absolute atomic E-state index is 12.1. The summed E-state index contributed by atoms with van der Waals surface area (Å²) in [6.07, 6.45) is 1.05. The van der Waals surface area contributed by atoms with Gasteiger partial charge in [0.1, 0.15) is 0 Å². The molecule has 0 saturated carbocycles. The van der Waals surface area contributed by atoms with Gasteiger partial charge in [0.15, 0.2) is 11.5 Å². The summed E-state index contributed by atoms with van der Waals surface area (Å²) in [7, 11) is 0. The topological polar surface area (TPSA) is 67.9 Å². The van der Waals surface area contributed by atoms with Crippen molar-refractivity contribution in [2.75, 3.05) is 19.9 Å². The highest BCUT2D eigenvalue weighted by Crippen LogP contribution is 2.32. The first-order chi connectivity index (χ1) is 13.1. The van der Waals surface area contributed by atoms with Gasteiger partial charge in [-0.15, -0.1) is 0 Å². The number of nitrogens with one attached hydrogen (secondary N) is 1. The van der Waals surface area contributed by atoms with E-state index in [1.54, 1.807) is 4.90 Å². The van der Waals surface area contributed by atoms with E-state index in [2.05, 4.69) is 5.32 Å². The molecule has 2 aromatic carbocycles. The Balaban J connectivity index is 1.43. The average molecular weight is 368 g/mol. The molecule has 0 fully saturated rings. The van der Waals surface area contributed by atoms with Crippen LogP contribution >= 0.6 is 0 Å². The normalized spacial score (nSPS) is 11.9. The molecule has 0 aliphatic carbocycles. The second-order valence-electron chi connectivity index (χ2n) is 6.46. The van der Waals surface area contributed by atoms with Gasteiger partial charge in [-0.05, 0) is 29.7 Å². The molecule has 0 radical (unpaired) electrons. The highest BCUT2D eigenvalue weighted by molar-refractivity contribution is 5.78. The Labute approximate surface area is 159 Å². The Kier molecular flexibility index (Phi) is 6.30. The molecule has 0 bridgehead atoms. The van der Waals surface area contributed by atoms with Crippen molar-refractivity contribution in [1.82, 2.24) is 10.2 Å². The van der Waals surface area contributed by atoms with E-state index < -0.39 is 0 Å². The number of fused-ring (bicyclic) bond motifs is 1. The Morgan fingerprint density at radius 2 is 1.78 bits per heavy atom. The molecule has 1 N–H and O–H groups in total. The lowest BCUT2D eigenvalue weighted by Gasteiger charge is -2.21. The van der Waals surface area contributed by atoms with Crippen molar-refractivity contribution in [3.05, 3.63) is 59.7 Å². The van der Waals surface area contributed by atoms with E-state index in [0.717, 1.165) is 17.7 Å². The fourth-order valence-corrected chi connectivity index (χ4v) is 2.91. The van der Waals surface area contributed by atoms with Crippen molar-refractivity contribution in [3.63, 3.8) is 0 Å². The van der Waals surface area contributed by atoms with Crippen molar-refractivity contribution >= 4 is 11.8 Å². The Morgan fingerprint density at radius 3 is 2.56 bits per heavy atom. The minimum absolute atomic E-state index is 0.0190. The van der Waals surface area contributed by atoms with Crippen LogP contribution in [0.4, 0.5) is 0 Å². The predicted octanol–water partition coefficient (Wildman–Crippen LogP) is 2.51. The van der Waals surface area contributed by atoms with Crippen LogP contribution in [0.3, 0.4) is 0 Å². The minimum Gasteiger partial charge on any atom is -0.454 e. The molecule has 3 rings (SSSR count). The summed E-state index contributed by atoms with van der Waals surface area (Å²) in [5, 5.41) is 2.88. The lowest BCUT2D eigenvalue weighted by atomic mass is 10.1. The Bertz CT molecular complexity index is 792. The highest BCUT2D eigenvalue weighted by atomic mass is 16.7. The molecule has 1 aliphatic heterocycles. The molecule has 0 atom stereocenters. The summed E-state index contributed by atoms with van der Waals surface area (Å²) in [6.45, 7) is 3.20. The molecule has 2 amide bonds. The summed E-state index contributed by atoms with van der Waals surface area (Å²) >= 11 is 0. The van der Waals surface area contributed by atoms with Gasteiger partial charge in [0.05, 0.1) is 0 Å². The number of hydrogen-bond donors (Lipinski definition) is 1. The first-order valence-corrected chi connectivity index (χ1v) is 9.06. The first kappa shape index (κ1) is 18.8. The van der Waals surface area contributed by atoms with Gasteiger partial charge < -0.3 is 19.7 Å². The maximum atomic E-state index is 12.1. The van der Waals surface area contributed by atoms with E-state index in [0.29, 0.717) is 25.4 Å². The number of benzene rings is 2. The number of amides is 2. The van der Waals surface area contributed by atoms with E-state index in [1.807, 2.05) is 48.5 Å². The predicted molar refractivity (Wildman–Crippen MR) is 101 cm³/mol. The fraction of sp³-hybridized carbons (Fsp3) is 0.333. The molecule has 27 heavy (non-hydrogen) atoms. The number of rotatable bonds is 8. The van der Waals surface area contributed by atoms with Crippen LogP contribution in [-0.2, 0) is 22.6 Å². The van der Waals surface area contributed by atoms with Crippen LogP contribution in [0, 0.1) is 0 Å². The number of carbonyl (C=O) groups is 2. The van der Waals surface area contributed by atoms with Crippen LogP contribution < -0.4 is 14.8 Å². The third-order valence-electron chi connectivity index (χ3n) is 4.49. The molecule has 0 unspecified atom stereocenters. The highest BCUT2D eigenvalue weighted by Gasteiger charge is 2.14. The number of carbonyl (C=O) groups excluding carboxylic acids is 2. The lowest BCUT2D eigenvalue weighted by molar-refractivity contribution is -0.129. The van der Waals surface area contributed by atoms with Crippen molar-refractivity contribution < 1.29 is 19.1 Å². The molecule has 6 heteroatoms. The minimum atomic E-state index is -0.0846. The zero-order valence-electron chi connectivity index (χ0n) is 15.4. The van der Waals surface area contributed by atoms with Crippen LogP contribution in [-0.4, -0.2) is 36.6 Å². The monoisotopic (exact) mass is 368 g/mol. The second kappa shape index (κ2) is 9.07. The SMILES string of the molecule is CC(=O)N(CCC(=O)NCc1ccc2c(c1)OCO2)CCc1ccccc1. The van der Waals surface area contributed by atoms with Crippen LogP contribution in [0.2, 0.25) is 0 Å². The van der Waals surface area contributed by atoms with Crippen molar-refractivity contribution in [2.24, 2.45) is 0 Å². The summed E-state index contributed by atoms with van der Waals surface area (Å²) < 4.78 is 10.6. The quantitative estimate of drug-likeness (QED) is 0.777. The molecule has 1 aliphatic rings. The molecular weight excluding hydrogens is 344 g/mol. The van der Waals surface area contributed by atoms with Crippen LogP contribution in [0.25, 0.3) is 0 Å². The lowest BCUT2D eigenvalue weighted by Crippen LogP contribution is -2.35. The second-order valence-corrected chi connectivity index (χ2v) is 6.46. The third kappa shape index (κ3) is 5.48. The van der Waals surface area contributed by atoms with Crippen molar-refractivity contribution in [2.45, 2.75) is 26.3 Å². The Hall–Kier alpha value is -3.02. The van der Waals surface area contributed by atoms with Gasteiger partial charge in [-0.3, -0.25) is 9.59 Å².